The van der Waals surface area contributed by atoms with E-state index in [1.165, 1.54) is 0 Å². The number of H-pyrrole nitrogens is 1. The van der Waals surface area contributed by atoms with Gasteiger partial charge in [-0.1, -0.05) is 18.2 Å². The molecule has 1 aromatic heterocycles. The van der Waals surface area contributed by atoms with Gasteiger partial charge in [-0.2, -0.15) is 0 Å². The third-order valence-electron chi connectivity index (χ3n) is 3.69. The Morgan fingerprint density at radius 2 is 1.67 bits per heavy atom. The molecule has 0 aliphatic rings. The first kappa shape index (κ1) is 18.4. The van der Waals surface area contributed by atoms with Crippen LogP contribution in [0.2, 0.25) is 0 Å². The Hall–Kier alpha value is -3.39. The highest BCUT2D eigenvalue weighted by Crippen LogP contribution is 2.17. The summed E-state index contributed by atoms with van der Waals surface area (Å²) in [6.07, 6.45) is 1.05. The summed E-state index contributed by atoms with van der Waals surface area (Å²) in [5.74, 6) is -0.308. The van der Waals surface area contributed by atoms with Crippen molar-refractivity contribution in [2.45, 2.75) is 6.92 Å². The number of hydrogen-bond acceptors (Lipinski definition) is 4. The smallest absolute Gasteiger partial charge is 0.411 e. The molecule has 0 saturated carbocycles. The molecule has 8 heteroatoms. The summed E-state index contributed by atoms with van der Waals surface area (Å²) in [6.45, 7) is 2.03. The molecule has 7 nitrogen and oxygen atoms in total. The number of imidazole rings is 1. The van der Waals surface area contributed by atoms with Crippen LogP contribution in [0.3, 0.4) is 0 Å². The third kappa shape index (κ3) is 4.42. The lowest BCUT2D eigenvalue weighted by Gasteiger charge is -2.10. The van der Waals surface area contributed by atoms with Gasteiger partial charge >= 0.3 is 6.09 Å². The minimum absolute atomic E-state index is 0.295. The van der Waals surface area contributed by atoms with Crippen LogP contribution < -0.4 is 10.6 Å². The Kier molecular flexibility index (Phi) is 5.68. The van der Waals surface area contributed by atoms with Crippen LogP contribution in [0.15, 0.2) is 60.8 Å². The van der Waals surface area contributed by atoms with Gasteiger partial charge in [-0.05, 0) is 55.5 Å². The summed E-state index contributed by atoms with van der Waals surface area (Å²) in [6, 6.07) is 16.1. The second kappa shape index (κ2) is 8.33. The lowest BCUT2D eigenvalue weighted by atomic mass is 10.2. The molecule has 3 N–H and O–H groups in total. The Balaban J connectivity index is 1.75. The van der Waals surface area contributed by atoms with Crippen LogP contribution in [-0.2, 0) is 4.74 Å². The first-order valence-corrected chi connectivity index (χ1v) is 8.70. The fourth-order valence-corrected chi connectivity index (χ4v) is 2.75. The molecule has 0 aliphatic carbocycles. The Labute approximate surface area is 161 Å². The van der Waals surface area contributed by atoms with Crippen molar-refractivity contribution in [3.8, 4) is 5.69 Å². The minimum Gasteiger partial charge on any atom is -0.450 e. The molecule has 2 aromatic carbocycles. The average molecular weight is 382 g/mol. The van der Waals surface area contributed by atoms with Crippen molar-refractivity contribution in [2.75, 3.05) is 17.2 Å². The highest BCUT2D eigenvalue weighted by Gasteiger charge is 2.14. The number of nitrogens with zero attached hydrogens (tertiary/aromatic N) is 1. The fourth-order valence-electron chi connectivity index (χ4n) is 2.49. The largest absolute Gasteiger partial charge is 0.450 e. The summed E-state index contributed by atoms with van der Waals surface area (Å²) in [4.78, 5) is 27.0. The molecule has 0 unspecified atom stereocenters. The van der Waals surface area contributed by atoms with E-state index >= 15 is 0 Å². The summed E-state index contributed by atoms with van der Waals surface area (Å²) >= 11 is 5.29. The molecule has 0 atom stereocenters. The quantitative estimate of drug-likeness (QED) is 0.572. The van der Waals surface area contributed by atoms with Gasteiger partial charge in [0.15, 0.2) is 4.77 Å². The number of aromatic amines is 1. The third-order valence-corrected chi connectivity index (χ3v) is 3.99. The van der Waals surface area contributed by atoms with E-state index in [4.69, 9.17) is 17.0 Å². The molecular weight excluding hydrogens is 364 g/mol. The first-order chi connectivity index (χ1) is 13.1. The SMILES string of the molecule is CCOC(=O)Nc1ccc(NC(=O)c2c[nH]c(=S)n2-c2ccccc2)cc1. The van der Waals surface area contributed by atoms with Gasteiger partial charge in [0.05, 0.1) is 6.61 Å². The Morgan fingerprint density at radius 1 is 1.04 bits per heavy atom. The average Bonchev–Trinajstić information content (AvgIpc) is 3.06. The van der Waals surface area contributed by atoms with Crippen LogP contribution in [0.5, 0.6) is 0 Å². The minimum atomic E-state index is -0.525. The number of carbonyl (C=O) groups excluding carboxylic acids is 2. The molecule has 0 radical (unpaired) electrons. The van der Waals surface area contributed by atoms with Gasteiger partial charge in [0, 0.05) is 23.3 Å². The standard InChI is InChI=1S/C19H18N4O3S/c1-2-26-19(25)22-14-10-8-13(9-11-14)21-17(24)16-12-20-18(27)23(16)15-6-4-3-5-7-15/h3-12H,2H2,1H3,(H,20,27)(H,21,24)(H,22,25). The highest BCUT2D eigenvalue weighted by molar-refractivity contribution is 7.71. The van der Waals surface area contributed by atoms with Crippen LogP contribution in [0.25, 0.3) is 5.69 Å². The maximum absolute atomic E-state index is 12.7. The molecule has 0 spiro atoms. The highest BCUT2D eigenvalue weighted by atomic mass is 32.1. The number of ether oxygens (including phenoxy) is 1. The molecule has 0 bridgehead atoms. The van der Waals surface area contributed by atoms with Crippen molar-refractivity contribution >= 4 is 35.6 Å². The molecule has 0 saturated heterocycles. The molecule has 27 heavy (non-hydrogen) atoms. The molecule has 0 fully saturated rings. The van der Waals surface area contributed by atoms with Crippen molar-refractivity contribution < 1.29 is 14.3 Å². The van der Waals surface area contributed by atoms with E-state index in [1.807, 2.05) is 30.3 Å². The number of aromatic nitrogens is 2. The van der Waals surface area contributed by atoms with Gasteiger partial charge < -0.3 is 15.0 Å². The lowest BCUT2D eigenvalue weighted by molar-refractivity contribution is 0.102. The normalized spacial score (nSPS) is 10.3. The summed E-state index contributed by atoms with van der Waals surface area (Å²) < 4.78 is 6.92. The van der Waals surface area contributed by atoms with E-state index in [9.17, 15) is 9.59 Å². The zero-order valence-electron chi connectivity index (χ0n) is 14.6. The fraction of sp³-hybridized carbons (Fsp3) is 0.105. The van der Waals surface area contributed by atoms with Crippen LogP contribution >= 0.6 is 12.2 Å². The molecule has 3 rings (SSSR count). The predicted octanol–water partition coefficient (Wildman–Crippen LogP) is 4.36. The predicted molar refractivity (Wildman–Crippen MR) is 106 cm³/mol. The molecule has 1 heterocycles. The maximum Gasteiger partial charge on any atom is 0.411 e. The number of hydrogen-bond donors (Lipinski definition) is 3. The Morgan fingerprint density at radius 3 is 2.30 bits per heavy atom. The topological polar surface area (TPSA) is 88.2 Å². The Bertz CT molecular complexity index is 994. The second-order valence-electron chi connectivity index (χ2n) is 5.53. The van der Waals surface area contributed by atoms with Crippen molar-refractivity contribution in [3.63, 3.8) is 0 Å². The van der Waals surface area contributed by atoms with Crippen LogP contribution in [-0.4, -0.2) is 28.2 Å². The van der Waals surface area contributed by atoms with Crippen molar-refractivity contribution in [1.82, 2.24) is 9.55 Å². The number of benzene rings is 2. The van der Waals surface area contributed by atoms with Crippen LogP contribution in [0, 0.1) is 4.77 Å². The van der Waals surface area contributed by atoms with E-state index in [1.54, 1.807) is 42.0 Å². The first-order valence-electron chi connectivity index (χ1n) is 8.29. The van der Waals surface area contributed by atoms with Gasteiger partial charge in [-0.15, -0.1) is 0 Å². The van der Waals surface area contributed by atoms with E-state index in [2.05, 4.69) is 15.6 Å². The zero-order chi connectivity index (χ0) is 19.2. The van der Waals surface area contributed by atoms with E-state index in [0.717, 1.165) is 5.69 Å². The lowest BCUT2D eigenvalue weighted by Crippen LogP contribution is -2.16. The molecule has 0 aliphatic heterocycles. The summed E-state index contributed by atoms with van der Waals surface area (Å²) in [5.41, 5.74) is 2.34. The number of amides is 2. The number of anilines is 2. The maximum atomic E-state index is 12.7. The number of nitrogens with one attached hydrogen (secondary N) is 3. The van der Waals surface area contributed by atoms with Crippen molar-refractivity contribution in [1.29, 1.82) is 0 Å². The van der Waals surface area contributed by atoms with Gasteiger partial charge in [0.2, 0.25) is 0 Å². The van der Waals surface area contributed by atoms with Crippen molar-refractivity contribution in [3.05, 3.63) is 71.3 Å². The second-order valence-corrected chi connectivity index (χ2v) is 5.91. The van der Waals surface area contributed by atoms with Gasteiger partial charge in [-0.3, -0.25) is 14.7 Å². The molecule has 138 valence electrons. The van der Waals surface area contributed by atoms with Gasteiger partial charge in [0.25, 0.3) is 5.91 Å². The van der Waals surface area contributed by atoms with Crippen LogP contribution in [0.1, 0.15) is 17.4 Å². The van der Waals surface area contributed by atoms with Gasteiger partial charge in [-0.25, -0.2) is 4.79 Å². The van der Waals surface area contributed by atoms with E-state index in [-0.39, 0.29) is 5.91 Å². The van der Waals surface area contributed by atoms with Gasteiger partial charge in [0.1, 0.15) is 5.69 Å². The van der Waals surface area contributed by atoms with E-state index < -0.39 is 6.09 Å². The van der Waals surface area contributed by atoms with Crippen LogP contribution in [0.4, 0.5) is 16.2 Å². The number of carbonyl (C=O) groups is 2. The number of para-hydroxylation sites is 1. The number of rotatable bonds is 5. The molecule has 3 aromatic rings. The molecule has 2 amide bonds. The van der Waals surface area contributed by atoms with Crippen molar-refractivity contribution in [2.24, 2.45) is 0 Å². The zero-order valence-corrected chi connectivity index (χ0v) is 15.4. The molecular formula is C19H18N4O3S. The monoisotopic (exact) mass is 382 g/mol. The van der Waals surface area contributed by atoms with E-state index in [0.29, 0.717) is 28.4 Å². The summed E-state index contributed by atoms with van der Waals surface area (Å²) in [7, 11) is 0. The summed E-state index contributed by atoms with van der Waals surface area (Å²) in [5, 5.41) is 5.41.